The van der Waals surface area contributed by atoms with Gasteiger partial charge in [0.15, 0.2) is 5.96 Å². The monoisotopic (exact) mass is 360 g/mol. The number of nitrogens with zero attached hydrogens (tertiary/aromatic N) is 4. The molecule has 2 heterocycles. The molecular formula is C18H25FN6O. The summed E-state index contributed by atoms with van der Waals surface area (Å²) in [6, 6.07) is 6.26. The number of aromatic nitrogens is 3. The van der Waals surface area contributed by atoms with Crippen molar-refractivity contribution in [1.29, 1.82) is 0 Å². The highest BCUT2D eigenvalue weighted by Crippen LogP contribution is 2.25. The molecule has 0 radical (unpaired) electrons. The Morgan fingerprint density at radius 2 is 2.19 bits per heavy atom. The van der Waals surface area contributed by atoms with Gasteiger partial charge >= 0.3 is 0 Å². The number of hydrogen-bond acceptors (Lipinski definition) is 4. The second-order valence-corrected chi connectivity index (χ2v) is 6.36. The highest BCUT2D eigenvalue weighted by atomic mass is 19.1. The molecule has 0 aliphatic carbocycles. The highest BCUT2D eigenvalue weighted by molar-refractivity contribution is 5.80. The van der Waals surface area contributed by atoms with Crippen LogP contribution in [0.3, 0.4) is 0 Å². The van der Waals surface area contributed by atoms with Crippen LogP contribution < -0.4 is 5.32 Å². The van der Waals surface area contributed by atoms with Crippen LogP contribution in [0.1, 0.15) is 43.2 Å². The predicted molar refractivity (Wildman–Crippen MR) is 97.3 cm³/mol. The molecule has 1 fully saturated rings. The first-order valence-corrected chi connectivity index (χ1v) is 9.00. The van der Waals surface area contributed by atoms with Gasteiger partial charge in [-0.05, 0) is 25.8 Å². The molecular weight excluding hydrogens is 335 g/mol. The molecule has 7 nitrogen and oxygen atoms in total. The molecule has 0 amide bonds. The molecule has 8 heteroatoms. The first kappa shape index (κ1) is 18.3. The third kappa shape index (κ3) is 4.37. The van der Waals surface area contributed by atoms with E-state index < -0.39 is 11.9 Å². The summed E-state index contributed by atoms with van der Waals surface area (Å²) in [4.78, 5) is 10.9. The zero-order chi connectivity index (χ0) is 18.4. The van der Waals surface area contributed by atoms with Crippen molar-refractivity contribution in [3.8, 4) is 0 Å². The molecule has 0 saturated carbocycles. The van der Waals surface area contributed by atoms with Gasteiger partial charge in [-0.25, -0.2) is 9.37 Å². The number of aliphatic hydroxyl groups excluding tert-OH is 1. The maximum atomic E-state index is 13.8. The van der Waals surface area contributed by atoms with Crippen molar-refractivity contribution in [3.05, 3.63) is 47.8 Å². The van der Waals surface area contributed by atoms with E-state index in [-0.39, 0.29) is 12.1 Å². The molecule has 1 unspecified atom stereocenters. The average molecular weight is 360 g/mol. The van der Waals surface area contributed by atoms with E-state index in [1.165, 1.54) is 12.4 Å². The molecule has 1 aliphatic rings. The lowest BCUT2D eigenvalue weighted by molar-refractivity contribution is 0.181. The molecule has 26 heavy (non-hydrogen) atoms. The summed E-state index contributed by atoms with van der Waals surface area (Å²) in [7, 11) is 0. The summed E-state index contributed by atoms with van der Waals surface area (Å²) in [5.41, 5.74) is 0.274. The molecule has 2 aromatic rings. The standard InChI is InChI=1S/C18H25FN6O/c1-2-20-18(21-11-16(26)14-5-3-4-6-15(14)19)25-9-7-13(8-10-25)17-22-12-23-24-17/h3-6,12-13,16,26H,2,7-11H2,1H3,(H,20,21)(H,22,23,24). The minimum atomic E-state index is -0.961. The fourth-order valence-electron chi connectivity index (χ4n) is 3.22. The number of likely N-dealkylation sites (tertiary alicyclic amines) is 1. The second kappa shape index (κ2) is 8.75. The van der Waals surface area contributed by atoms with Crippen LogP contribution in [-0.2, 0) is 0 Å². The van der Waals surface area contributed by atoms with E-state index in [1.54, 1.807) is 18.2 Å². The fourth-order valence-corrected chi connectivity index (χ4v) is 3.22. The van der Waals surface area contributed by atoms with E-state index in [1.807, 2.05) is 6.92 Å². The van der Waals surface area contributed by atoms with Crippen LogP contribution in [0.15, 0.2) is 35.6 Å². The second-order valence-electron chi connectivity index (χ2n) is 6.36. The van der Waals surface area contributed by atoms with Crippen LogP contribution in [-0.4, -0.2) is 57.3 Å². The van der Waals surface area contributed by atoms with Gasteiger partial charge in [0.1, 0.15) is 24.1 Å². The minimum Gasteiger partial charge on any atom is -0.386 e. The average Bonchev–Trinajstić information content (AvgIpc) is 3.20. The summed E-state index contributed by atoms with van der Waals surface area (Å²) >= 11 is 0. The van der Waals surface area contributed by atoms with E-state index >= 15 is 0 Å². The van der Waals surface area contributed by atoms with Crippen molar-refractivity contribution in [2.75, 3.05) is 26.2 Å². The zero-order valence-electron chi connectivity index (χ0n) is 14.9. The van der Waals surface area contributed by atoms with Crippen molar-refractivity contribution < 1.29 is 9.50 Å². The Morgan fingerprint density at radius 1 is 1.42 bits per heavy atom. The van der Waals surface area contributed by atoms with Crippen LogP contribution in [0, 0.1) is 5.82 Å². The summed E-state index contributed by atoms with van der Waals surface area (Å²) in [5, 5.41) is 20.4. The number of H-pyrrole nitrogens is 1. The highest BCUT2D eigenvalue weighted by Gasteiger charge is 2.24. The van der Waals surface area contributed by atoms with Crippen LogP contribution in [0.5, 0.6) is 0 Å². The van der Waals surface area contributed by atoms with Crippen LogP contribution in [0.4, 0.5) is 4.39 Å². The zero-order valence-corrected chi connectivity index (χ0v) is 14.9. The summed E-state index contributed by atoms with van der Waals surface area (Å²) < 4.78 is 13.8. The van der Waals surface area contributed by atoms with Crippen molar-refractivity contribution in [1.82, 2.24) is 25.4 Å². The normalized spacial score (nSPS) is 17.3. The van der Waals surface area contributed by atoms with Gasteiger partial charge in [-0.15, -0.1) is 0 Å². The van der Waals surface area contributed by atoms with Gasteiger partial charge in [-0.3, -0.25) is 10.1 Å². The van der Waals surface area contributed by atoms with Crippen LogP contribution >= 0.6 is 0 Å². The Balaban J connectivity index is 1.62. The van der Waals surface area contributed by atoms with E-state index in [9.17, 15) is 9.50 Å². The number of aliphatic imine (C=N–C) groups is 1. The molecule has 140 valence electrons. The van der Waals surface area contributed by atoms with Crippen molar-refractivity contribution in [2.45, 2.75) is 31.8 Å². The number of aliphatic hydroxyl groups is 1. The van der Waals surface area contributed by atoms with Crippen molar-refractivity contribution >= 4 is 5.96 Å². The lowest BCUT2D eigenvalue weighted by atomic mass is 9.96. The topological polar surface area (TPSA) is 89.4 Å². The maximum absolute atomic E-state index is 13.8. The van der Waals surface area contributed by atoms with Gasteiger partial charge in [0.05, 0.1) is 6.54 Å². The van der Waals surface area contributed by atoms with Gasteiger partial charge in [0.2, 0.25) is 0 Å². The molecule has 1 atom stereocenters. The Kier molecular flexibility index (Phi) is 6.17. The molecule has 1 saturated heterocycles. The smallest absolute Gasteiger partial charge is 0.194 e. The minimum absolute atomic E-state index is 0.116. The summed E-state index contributed by atoms with van der Waals surface area (Å²) in [5.74, 6) is 1.65. The first-order chi connectivity index (χ1) is 12.7. The Bertz CT molecular complexity index is 712. The van der Waals surface area contributed by atoms with Crippen molar-refractivity contribution in [3.63, 3.8) is 0 Å². The summed E-state index contributed by atoms with van der Waals surface area (Å²) in [6.45, 7) is 4.53. The molecule has 0 spiro atoms. The largest absolute Gasteiger partial charge is 0.386 e. The van der Waals surface area contributed by atoms with E-state index in [2.05, 4.69) is 30.4 Å². The SMILES string of the molecule is CCNC(=NCC(O)c1ccccc1F)N1CCC(c2ncn[nH]2)CC1. The number of benzene rings is 1. The Hall–Kier alpha value is -2.48. The number of aromatic amines is 1. The molecule has 1 aromatic carbocycles. The number of nitrogens with one attached hydrogen (secondary N) is 2. The Morgan fingerprint density at radius 3 is 2.85 bits per heavy atom. The van der Waals surface area contributed by atoms with E-state index in [0.717, 1.165) is 44.3 Å². The molecule has 3 rings (SSSR count). The Labute approximate surface area is 152 Å². The first-order valence-electron chi connectivity index (χ1n) is 9.00. The van der Waals surface area contributed by atoms with Crippen LogP contribution in [0.2, 0.25) is 0 Å². The lowest BCUT2D eigenvalue weighted by Crippen LogP contribution is -2.45. The quantitative estimate of drug-likeness (QED) is 0.559. The van der Waals surface area contributed by atoms with E-state index in [0.29, 0.717) is 5.92 Å². The van der Waals surface area contributed by atoms with Crippen LogP contribution in [0.25, 0.3) is 0 Å². The number of hydrogen-bond donors (Lipinski definition) is 3. The molecule has 1 aliphatic heterocycles. The number of halogens is 1. The lowest BCUT2D eigenvalue weighted by Gasteiger charge is -2.33. The molecule has 0 bridgehead atoms. The predicted octanol–water partition coefficient (Wildman–Crippen LogP) is 1.82. The van der Waals surface area contributed by atoms with Gasteiger partial charge < -0.3 is 15.3 Å². The number of rotatable bonds is 5. The third-order valence-corrected chi connectivity index (χ3v) is 4.63. The van der Waals surface area contributed by atoms with Gasteiger partial charge in [-0.2, -0.15) is 5.10 Å². The maximum Gasteiger partial charge on any atom is 0.194 e. The van der Waals surface area contributed by atoms with Gasteiger partial charge in [0.25, 0.3) is 0 Å². The van der Waals surface area contributed by atoms with Gasteiger partial charge in [-0.1, -0.05) is 18.2 Å². The number of guanidine groups is 1. The molecule has 3 N–H and O–H groups in total. The molecule has 1 aromatic heterocycles. The summed E-state index contributed by atoms with van der Waals surface area (Å²) in [6.07, 6.45) is 2.49. The fraction of sp³-hybridized carbons (Fsp3) is 0.500. The third-order valence-electron chi connectivity index (χ3n) is 4.63. The van der Waals surface area contributed by atoms with Gasteiger partial charge in [0, 0.05) is 31.1 Å². The van der Waals surface area contributed by atoms with E-state index in [4.69, 9.17) is 0 Å². The number of piperidine rings is 1. The van der Waals surface area contributed by atoms with Crippen molar-refractivity contribution in [2.24, 2.45) is 4.99 Å².